The minimum atomic E-state index is -1.03. The van der Waals surface area contributed by atoms with Crippen molar-refractivity contribution in [3.8, 4) is 5.75 Å². The first-order valence-electron chi connectivity index (χ1n) is 10.4. The summed E-state index contributed by atoms with van der Waals surface area (Å²) in [5.74, 6) is 1.55. The van der Waals surface area contributed by atoms with E-state index in [4.69, 9.17) is 16.3 Å². The fourth-order valence-corrected chi connectivity index (χ4v) is 3.03. The summed E-state index contributed by atoms with van der Waals surface area (Å²) in [7, 11) is 0. The highest BCUT2D eigenvalue weighted by Crippen LogP contribution is 2.21. The average Bonchev–Trinajstić information content (AvgIpc) is 2.74. The van der Waals surface area contributed by atoms with Crippen LogP contribution in [0, 0.1) is 13.8 Å². The van der Waals surface area contributed by atoms with E-state index in [-0.39, 0.29) is 5.91 Å². The predicted molar refractivity (Wildman–Crippen MR) is 129 cm³/mol. The summed E-state index contributed by atoms with van der Waals surface area (Å²) in [5, 5.41) is 9.92. The number of benzene rings is 2. The number of aromatic nitrogens is 2. The third kappa shape index (κ3) is 6.85. The van der Waals surface area contributed by atoms with E-state index in [1.165, 1.54) is 5.56 Å². The molecule has 0 aliphatic carbocycles. The largest absolute Gasteiger partial charge is 0.478 e. The zero-order valence-corrected chi connectivity index (χ0v) is 19.5. The maximum absolute atomic E-state index is 12.6. The van der Waals surface area contributed by atoms with Crippen LogP contribution in [0.1, 0.15) is 25.1 Å². The maximum atomic E-state index is 12.6. The van der Waals surface area contributed by atoms with Crippen molar-refractivity contribution in [2.45, 2.75) is 33.3 Å². The lowest BCUT2D eigenvalue weighted by atomic mass is 10.1. The molecule has 0 aliphatic heterocycles. The van der Waals surface area contributed by atoms with Crippen molar-refractivity contribution in [2.24, 2.45) is 0 Å². The van der Waals surface area contributed by atoms with Crippen LogP contribution in [0.3, 0.4) is 0 Å². The molecule has 32 heavy (non-hydrogen) atoms. The summed E-state index contributed by atoms with van der Waals surface area (Å²) >= 11 is 5.89. The van der Waals surface area contributed by atoms with E-state index < -0.39 is 5.60 Å². The number of hydrogen-bond donors (Lipinski definition) is 3. The molecular weight excluding hydrogens is 426 g/mol. The average molecular weight is 454 g/mol. The lowest BCUT2D eigenvalue weighted by Gasteiger charge is -2.25. The lowest BCUT2D eigenvalue weighted by Crippen LogP contribution is -2.47. The second-order valence-electron chi connectivity index (χ2n) is 7.96. The summed E-state index contributed by atoms with van der Waals surface area (Å²) in [4.78, 5) is 21.5. The number of carbonyl (C=O) groups is 1. The number of carbonyl (C=O) groups excluding carboxylic acids is 1. The Morgan fingerprint density at radius 2 is 1.69 bits per heavy atom. The Kier molecular flexibility index (Phi) is 7.53. The normalized spacial score (nSPS) is 11.0. The van der Waals surface area contributed by atoms with E-state index >= 15 is 0 Å². The molecule has 3 rings (SSSR count). The molecule has 0 saturated carbocycles. The topological polar surface area (TPSA) is 88.2 Å². The monoisotopic (exact) mass is 453 g/mol. The fraction of sp³-hybridized carbons (Fsp3) is 0.292. The fourth-order valence-electron chi connectivity index (χ4n) is 2.90. The molecule has 7 nitrogen and oxygen atoms in total. The SMILES string of the molecule is Cc1ccc(Nc2cc(C)nc(NCCNC(=O)C(C)(C)Oc3ccc(Cl)cc3)n2)cc1. The van der Waals surface area contributed by atoms with Gasteiger partial charge >= 0.3 is 0 Å². The van der Waals surface area contributed by atoms with Crippen LogP contribution in [0.15, 0.2) is 54.6 Å². The third-order valence-electron chi connectivity index (χ3n) is 4.61. The molecule has 0 unspecified atom stereocenters. The predicted octanol–water partition coefficient (Wildman–Crippen LogP) is 4.88. The van der Waals surface area contributed by atoms with Crippen LogP contribution in [-0.4, -0.2) is 34.6 Å². The lowest BCUT2D eigenvalue weighted by molar-refractivity contribution is -0.134. The Morgan fingerprint density at radius 3 is 2.38 bits per heavy atom. The van der Waals surface area contributed by atoms with E-state index in [2.05, 4.69) is 25.9 Å². The van der Waals surface area contributed by atoms with Crippen LogP contribution < -0.4 is 20.7 Å². The highest BCUT2D eigenvalue weighted by Gasteiger charge is 2.29. The zero-order chi connectivity index (χ0) is 23.1. The van der Waals surface area contributed by atoms with E-state index in [0.29, 0.717) is 35.6 Å². The number of rotatable bonds is 9. The molecule has 0 fully saturated rings. The van der Waals surface area contributed by atoms with Crippen LogP contribution in [-0.2, 0) is 4.79 Å². The first-order valence-corrected chi connectivity index (χ1v) is 10.8. The van der Waals surface area contributed by atoms with E-state index in [1.54, 1.807) is 38.1 Å². The van der Waals surface area contributed by atoms with Crippen molar-refractivity contribution in [1.29, 1.82) is 0 Å². The smallest absolute Gasteiger partial charge is 0.263 e. The van der Waals surface area contributed by atoms with Crippen molar-refractivity contribution >= 4 is 35.0 Å². The molecule has 1 heterocycles. The van der Waals surface area contributed by atoms with Gasteiger partial charge in [0, 0.05) is 35.6 Å². The molecule has 8 heteroatoms. The molecular formula is C24H28ClN5O2. The van der Waals surface area contributed by atoms with Crippen molar-refractivity contribution in [2.75, 3.05) is 23.7 Å². The summed E-state index contributed by atoms with van der Waals surface area (Å²) in [5.41, 5.74) is 1.95. The summed E-state index contributed by atoms with van der Waals surface area (Å²) in [6.45, 7) is 8.25. The number of halogens is 1. The van der Waals surface area contributed by atoms with Crippen molar-refractivity contribution < 1.29 is 9.53 Å². The van der Waals surface area contributed by atoms with Gasteiger partial charge in [0.1, 0.15) is 11.6 Å². The van der Waals surface area contributed by atoms with E-state index in [1.807, 2.05) is 44.2 Å². The van der Waals surface area contributed by atoms with Crippen LogP contribution in [0.4, 0.5) is 17.5 Å². The molecule has 0 aliphatic rings. The third-order valence-corrected chi connectivity index (χ3v) is 4.86. The molecule has 3 aromatic rings. The van der Waals surface area contributed by atoms with Crippen LogP contribution in [0.2, 0.25) is 5.02 Å². The van der Waals surface area contributed by atoms with Crippen molar-refractivity contribution in [1.82, 2.24) is 15.3 Å². The van der Waals surface area contributed by atoms with Gasteiger partial charge in [0.05, 0.1) is 0 Å². The van der Waals surface area contributed by atoms with Crippen molar-refractivity contribution in [3.63, 3.8) is 0 Å². The second-order valence-corrected chi connectivity index (χ2v) is 8.39. The Morgan fingerprint density at radius 1 is 1.00 bits per heavy atom. The molecule has 0 bridgehead atoms. The summed E-state index contributed by atoms with van der Waals surface area (Å²) in [6, 6.07) is 16.9. The van der Waals surface area contributed by atoms with E-state index in [9.17, 15) is 4.79 Å². The minimum Gasteiger partial charge on any atom is -0.478 e. The van der Waals surface area contributed by atoms with E-state index in [0.717, 1.165) is 11.4 Å². The zero-order valence-electron chi connectivity index (χ0n) is 18.7. The first kappa shape index (κ1) is 23.3. The molecule has 2 aromatic carbocycles. The Balaban J connectivity index is 1.50. The number of amides is 1. The second kappa shape index (κ2) is 10.3. The quantitative estimate of drug-likeness (QED) is 0.400. The Labute approximate surface area is 193 Å². The van der Waals surface area contributed by atoms with Gasteiger partial charge in [-0.1, -0.05) is 29.3 Å². The van der Waals surface area contributed by atoms with Crippen LogP contribution in [0.25, 0.3) is 0 Å². The van der Waals surface area contributed by atoms with Gasteiger partial charge in [-0.3, -0.25) is 4.79 Å². The number of aryl methyl sites for hydroxylation is 2. The molecule has 0 saturated heterocycles. The maximum Gasteiger partial charge on any atom is 0.263 e. The first-order chi connectivity index (χ1) is 15.2. The Bertz CT molecular complexity index is 1050. The molecule has 0 spiro atoms. The van der Waals surface area contributed by atoms with Crippen LogP contribution in [0.5, 0.6) is 5.75 Å². The molecule has 168 valence electrons. The highest BCUT2D eigenvalue weighted by atomic mass is 35.5. The summed E-state index contributed by atoms with van der Waals surface area (Å²) < 4.78 is 5.81. The van der Waals surface area contributed by atoms with Gasteiger partial charge in [0.25, 0.3) is 5.91 Å². The molecule has 3 N–H and O–H groups in total. The van der Waals surface area contributed by atoms with Gasteiger partial charge in [-0.05, 0) is 64.1 Å². The number of anilines is 3. The highest BCUT2D eigenvalue weighted by molar-refractivity contribution is 6.30. The molecule has 1 amide bonds. The molecule has 0 atom stereocenters. The molecule has 0 radical (unpaired) electrons. The van der Waals surface area contributed by atoms with Gasteiger partial charge in [-0.2, -0.15) is 4.98 Å². The number of nitrogens with zero attached hydrogens (tertiary/aromatic N) is 2. The Hall–Kier alpha value is -3.32. The van der Waals surface area contributed by atoms with Gasteiger partial charge in [-0.15, -0.1) is 0 Å². The van der Waals surface area contributed by atoms with Gasteiger partial charge in [0.2, 0.25) is 5.95 Å². The van der Waals surface area contributed by atoms with Crippen LogP contribution >= 0.6 is 11.6 Å². The minimum absolute atomic E-state index is 0.221. The number of hydrogen-bond acceptors (Lipinski definition) is 6. The number of nitrogens with one attached hydrogen (secondary N) is 3. The number of ether oxygens (including phenoxy) is 1. The van der Waals surface area contributed by atoms with Crippen molar-refractivity contribution in [3.05, 3.63) is 70.9 Å². The van der Waals surface area contributed by atoms with Gasteiger partial charge in [-0.25, -0.2) is 4.98 Å². The summed E-state index contributed by atoms with van der Waals surface area (Å²) in [6.07, 6.45) is 0. The van der Waals surface area contributed by atoms with Gasteiger partial charge < -0.3 is 20.7 Å². The van der Waals surface area contributed by atoms with Gasteiger partial charge in [0.15, 0.2) is 5.60 Å². The standard InChI is InChI=1S/C24H28ClN5O2/c1-16-5-9-19(10-6-16)29-21-15-17(2)28-23(30-21)27-14-13-26-22(31)24(3,4)32-20-11-7-18(25)8-12-20/h5-12,15H,13-14H2,1-4H3,(H,26,31)(H2,27,28,29,30). The molecule has 1 aromatic heterocycles.